The van der Waals surface area contributed by atoms with Crippen LogP contribution in [-0.2, 0) is 14.3 Å². The summed E-state index contributed by atoms with van der Waals surface area (Å²) in [6, 6.07) is 0. The standard InChI is InChI=1S/C26H52N2O5/c1-5-6-7-8-9-10-11-15-23-32-24(30)17-13-12-14-19-28(21-22-29)20-16-18-27-25(31)33-26(2,3)4/h29H,5-23H2,1-4H3,(H,27,31). The number of aliphatic hydroxyl groups excluding tert-OH is 1. The van der Waals surface area contributed by atoms with E-state index >= 15 is 0 Å². The number of ether oxygens (including phenoxy) is 2. The van der Waals surface area contributed by atoms with E-state index in [1.807, 2.05) is 20.8 Å². The molecule has 0 radical (unpaired) electrons. The van der Waals surface area contributed by atoms with Gasteiger partial charge in [0.05, 0.1) is 13.2 Å². The molecule has 0 atom stereocenters. The van der Waals surface area contributed by atoms with Gasteiger partial charge in [-0.25, -0.2) is 4.79 Å². The minimum Gasteiger partial charge on any atom is -0.466 e. The number of unbranched alkanes of at least 4 members (excludes halogenated alkanes) is 9. The third-order valence-electron chi connectivity index (χ3n) is 5.35. The lowest BCUT2D eigenvalue weighted by atomic mass is 10.1. The summed E-state index contributed by atoms with van der Waals surface area (Å²) in [5.74, 6) is -0.0848. The SMILES string of the molecule is CCCCCCCCCCOC(=O)CCCCCN(CCO)CCCNC(=O)OC(C)(C)C. The summed E-state index contributed by atoms with van der Waals surface area (Å²) >= 11 is 0. The number of nitrogens with one attached hydrogen (secondary N) is 1. The molecule has 0 aromatic rings. The Hall–Kier alpha value is -1.34. The van der Waals surface area contributed by atoms with E-state index in [0.29, 0.717) is 26.1 Å². The van der Waals surface area contributed by atoms with E-state index in [1.54, 1.807) is 0 Å². The Morgan fingerprint density at radius 3 is 2.06 bits per heavy atom. The highest BCUT2D eigenvalue weighted by Crippen LogP contribution is 2.09. The summed E-state index contributed by atoms with van der Waals surface area (Å²) in [6.07, 6.45) is 13.6. The largest absolute Gasteiger partial charge is 0.466 e. The third-order valence-corrected chi connectivity index (χ3v) is 5.35. The van der Waals surface area contributed by atoms with Crippen LogP contribution in [-0.4, -0.2) is 67.1 Å². The Morgan fingerprint density at radius 1 is 0.818 bits per heavy atom. The lowest BCUT2D eigenvalue weighted by molar-refractivity contribution is -0.143. The zero-order valence-corrected chi connectivity index (χ0v) is 22.0. The molecule has 0 aliphatic carbocycles. The molecule has 196 valence electrons. The Balaban J connectivity index is 3.67. The van der Waals surface area contributed by atoms with Gasteiger partial charge in [-0.3, -0.25) is 4.79 Å². The van der Waals surface area contributed by atoms with Crippen molar-refractivity contribution in [2.24, 2.45) is 0 Å². The van der Waals surface area contributed by atoms with Gasteiger partial charge in [0.15, 0.2) is 0 Å². The molecule has 0 aromatic heterocycles. The molecule has 0 fully saturated rings. The highest BCUT2D eigenvalue weighted by Gasteiger charge is 2.15. The topological polar surface area (TPSA) is 88.1 Å². The fourth-order valence-electron chi connectivity index (χ4n) is 3.56. The van der Waals surface area contributed by atoms with Crippen molar-refractivity contribution in [1.29, 1.82) is 0 Å². The van der Waals surface area contributed by atoms with Gasteiger partial charge >= 0.3 is 12.1 Å². The van der Waals surface area contributed by atoms with Crippen molar-refractivity contribution < 1.29 is 24.2 Å². The highest BCUT2D eigenvalue weighted by molar-refractivity contribution is 5.69. The predicted molar refractivity (Wildman–Crippen MR) is 134 cm³/mol. The molecular formula is C26H52N2O5. The average molecular weight is 473 g/mol. The van der Waals surface area contributed by atoms with Gasteiger partial charge < -0.3 is 24.8 Å². The molecule has 0 aliphatic heterocycles. The fraction of sp³-hybridized carbons (Fsp3) is 0.923. The van der Waals surface area contributed by atoms with E-state index in [9.17, 15) is 14.7 Å². The van der Waals surface area contributed by atoms with Crippen LogP contribution >= 0.6 is 0 Å². The van der Waals surface area contributed by atoms with Gasteiger partial charge in [-0.2, -0.15) is 0 Å². The molecule has 7 nitrogen and oxygen atoms in total. The molecule has 0 unspecified atom stereocenters. The van der Waals surface area contributed by atoms with Crippen LogP contribution in [0.3, 0.4) is 0 Å². The van der Waals surface area contributed by atoms with E-state index < -0.39 is 11.7 Å². The number of hydrogen-bond acceptors (Lipinski definition) is 6. The number of hydrogen-bond donors (Lipinski definition) is 2. The van der Waals surface area contributed by atoms with Crippen LogP contribution in [0.5, 0.6) is 0 Å². The van der Waals surface area contributed by atoms with Crippen LogP contribution in [0.15, 0.2) is 0 Å². The maximum atomic E-state index is 11.9. The van der Waals surface area contributed by atoms with Crippen molar-refractivity contribution in [1.82, 2.24) is 10.2 Å². The van der Waals surface area contributed by atoms with E-state index in [-0.39, 0.29) is 12.6 Å². The van der Waals surface area contributed by atoms with E-state index in [0.717, 1.165) is 51.6 Å². The van der Waals surface area contributed by atoms with Gasteiger partial charge in [-0.1, -0.05) is 58.3 Å². The monoisotopic (exact) mass is 472 g/mol. The molecular weight excluding hydrogens is 420 g/mol. The van der Waals surface area contributed by atoms with Crippen LogP contribution in [0, 0.1) is 0 Å². The highest BCUT2D eigenvalue weighted by atomic mass is 16.6. The number of carbonyl (C=O) groups excluding carboxylic acids is 2. The molecule has 2 N–H and O–H groups in total. The number of esters is 1. The smallest absolute Gasteiger partial charge is 0.407 e. The van der Waals surface area contributed by atoms with Crippen LogP contribution in [0.1, 0.15) is 111 Å². The van der Waals surface area contributed by atoms with Gasteiger partial charge in [-0.05, 0) is 59.5 Å². The minimum absolute atomic E-state index is 0.0848. The maximum Gasteiger partial charge on any atom is 0.407 e. The molecule has 0 bridgehead atoms. The van der Waals surface area contributed by atoms with Gasteiger partial charge in [0.1, 0.15) is 5.60 Å². The summed E-state index contributed by atoms with van der Waals surface area (Å²) in [7, 11) is 0. The number of alkyl carbamates (subject to hydrolysis) is 1. The quantitative estimate of drug-likeness (QED) is 0.171. The van der Waals surface area contributed by atoms with Gasteiger partial charge in [0.25, 0.3) is 0 Å². The maximum absolute atomic E-state index is 11.9. The summed E-state index contributed by atoms with van der Waals surface area (Å²) < 4.78 is 10.6. The average Bonchev–Trinajstić information content (AvgIpc) is 2.74. The minimum atomic E-state index is -0.493. The molecule has 0 saturated carbocycles. The molecule has 0 aromatic carbocycles. The first-order valence-corrected chi connectivity index (χ1v) is 13.2. The summed E-state index contributed by atoms with van der Waals surface area (Å²) in [4.78, 5) is 25.7. The number of aliphatic hydroxyl groups is 1. The van der Waals surface area contributed by atoms with E-state index in [2.05, 4.69) is 17.1 Å². The van der Waals surface area contributed by atoms with Crippen LogP contribution in [0.25, 0.3) is 0 Å². The zero-order chi connectivity index (χ0) is 24.8. The third kappa shape index (κ3) is 23.6. The second-order valence-electron chi connectivity index (χ2n) is 9.85. The van der Waals surface area contributed by atoms with Crippen molar-refractivity contribution in [2.75, 3.05) is 39.4 Å². The second-order valence-corrected chi connectivity index (χ2v) is 9.85. The first-order valence-electron chi connectivity index (χ1n) is 13.2. The Kier molecular flexibility index (Phi) is 20.3. The van der Waals surface area contributed by atoms with Crippen molar-refractivity contribution in [3.05, 3.63) is 0 Å². The first-order chi connectivity index (χ1) is 15.8. The van der Waals surface area contributed by atoms with E-state index in [4.69, 9.17) is 9.47 Å². The van der Waals surface area contributed by atoms with E-state index in [1.165, 1.54) is 38.5 Å². The summed E-state index contributed by atoms with van der Waals surface area (Å²) in [5.41, 5.74) is -0.493. The van der Waals surface area contributed by atoms with Gasteiger partial charge in [-0.15, -0.1) is 0 Å². The van der Waals surface area contributed by atoms with Crippen LogP contribution < -0.4 is 5.32 Å². The molecule has 1 amide bonds. The number of carbonyl (C=O) groups is 2. The molecule has 0 rings (SSSR count). The first kappa shape index (κ1) is 31.7. The molecule has 0 saturated heterocycles. The lowest BCUT2D eigenvalue weighted by Crippen LogP contribution is -2.35. The van der Waals surface area contributed by atoms with Gasteiger partial charge in [0, 0.05) is 19.5 Å². The summed E-state index contributed by atoms with van der Waals surface area (Å²) in [5, 5.41) is 12.0. The Morgan fingerprint density at radius 2 is 1.42 bits per heavy atom. The summed E-state index contributed by atoms with van der Waals surface area (Å²) in [6.45, 7) is 11.3. The van der Waals surface area contributed by atoms with Crippen LogP contribution in [0.2, 0.25) is 0 Å². The fourth-order valence-corrected chi connectivity index (χ4v) is 3.56. The van der Waals surface area contributed by atoms with Crippen molar-refractivity contribution >= 4 is 12.1 Å². The normalized spacial score (nSPS) is 11.6. The molecule has 0 heterocycles. The van der Waals surface area contributed by atoms with Crippen LogP contribution in [0.4, 0.5) is 4.79 Å². The van der Waals surface area contributed by atoms with Gasteiger partial charge in [0.2, 0.25) is 0 Å². The second kappa shape index (κ2) is 21.2. The molecule has 0 aliphatic rings. The Bertz CT molecular complexity index is 480. The zero-order valence-electron chi connectivity index (χ0n) is 22.0. The lowest BCUT2D eigenvalue weighted by Gasteiger charge is -2.22. The number of amides is 1. The molecule has 7 heteroatoms. The number of nitrogens with zero attached hydrogens (tertiary/aromatic N) is 1. The Labute approximate surface area is 203 Å². The molecule has 33 heavy (non-hydrogen) atoms. The molecule has 0 spiro atoms. The number of rotatable bonds is 21. The van der Waals surface area contributed by atoms with Crippen molar-refractivity contribution in [3.8, 4) is 0 Å². The van der Waals surface area contributed by atoms with Crippen molar-refractivity contribution in [2.45, 2.75) is 117 Å². The van der Waals surface area contributed by atoms with Crippen molar-refractivity contribution in [3.63, 3.8) is 0 Å². The predicted octanol–water partition coefficient (Wildman–Crippen LogP) is 5.44.